The van der Waals surface area contributed by atoms with Crippen molar-refractivity contribution in [3.8, 4) is 0 Å². The standard InChI is InChI=1S/C17H22OSi/c1-3-16(18-19)17(2,14-10-6-4-7-11-14)15-12-8-5-9-13-15/h4-13,16H,3H2,1-2,19H3. The predicted molar refractivity (Wildman–Crippen MR) is 84.4 cm³/mol. The molecule has 0 radical (unpaired) electrons. The summed E-state index contributed by atoms with van der Waals surface area (Å²) in [5.41, 5.74) is 2.56. The summed E-state index contributed by atoms with van der Waals surface area (Å²) >= 11 is 0. The van der Waals surface area contributed by atoms with Crippen LogP contribution in [0.3, 0.4) is 0 Å². The molecule has 2 rings (SSSR count). The van der Waals surface area contributed by atoms with Crippen LogP contribution < -0.4 is 0 Å². The van der Waals surface area contributed by atoms with Crippen molar-refractivity contribution in [2.45, 2.75) is 31.8 Å². The first-order valence-electron chi connectivity index (χ1n) is 6.87. The molecule has 19 heavy (non-hydrogen) atoms. The number of hydrogen-bond donors (Lipinski definition) is 0. The molecule has 0 aliphatic carbocycles. The van der Waals surface area contributed by atoms with Gasteiger partial charge in [-0.25, -0.2) is 0 Å². The van der Waals surface area contributed by atoms with E-state index in [9.17, 15) is 0 Å². The van der Waals surface area contributed by atoms with E-state index in [1.807, 2.05) is 0 Å². The Kier molecular flexibility index (Phi) is 4.56. The Balaban J connectivity index is 2.57. The Morgan fingerprint density at radius 2 is 1.37 bits per heavy atom. The lowest BCUT2D eigenvalue weighted by atomic mass is 9.71. The SMILES string of the molecule is CCC(O[SiH3])C(C)(c1ccccc1)c1ccccc1. The summed E-state index contributed by atoms with van der Waals surface area (Å²) in [6.45, 7) is 4.50. The van der Waals surface area contributed by atoms with Crippen LogP contribution in [0.2, 0.25) is 0 Å². The van der Waals surface area contributed by atoms with E-state index >= 15 is 0 Å². The van der Waals surface area contributed by atoms with Crippen molar-refractivity contribution in [3.63, 3.8) is 0 Å². The molecule has 0 aliphatic heterocycles. The quantitative estimate of drug-likeness (QED) is 0.759. The number of hydrogen-bond acceptors (Lipinski definition) is 1. The summed E-state index contributed by atoms with van der Waals surface area (Å²) in [6.07, 6.45) is 1.24. The van der Waals surface area contributed by atoms with Crippen LogP contribution in [0.15, 0.2) is 60.7 Å². The molecule has 0 spiro atoms. The van der Waals surface area contributed by atoms with Gasteiger partial charge in [-0.1, -0.05) is 67.6 Å². The normalized spacial score (nSPS) is 13.4. The summed E-state index contributed by atoms with van der Waals surface area (Å²) < 4.78 is 5.91. The third kappa shape index (κ3) is 2.65. The van der Waals surface area contributed by atoms with Gasteiger partial charge in [0.25, 0.3) is 0 Å². The highest BCUT2D eigenvalue weighted by Gasteiger charge is 2.36. The monoisotopic (exact) mass is 270 g/mol. The predicted octanol–water partition coefficient (Wildman–Crippen LogP) is 3.07. The molecule has 2 heteroatoms. The average molecular weight is 270 g/mol. The lowest BCUT2D eigenvalue weighted by molar-refractivity contribution is 0.146. The maximum atomic E-state index is 5.91. The largest absolute Gasteiger partial charge is 0.424 e. The fourth-order valence-corrected chi connectivity index (χ4v) is 3.72. The second-order valence-electron chi connectivity index (χ2n) is 5.07. The van der Waals surface area contributed by atoms with Crippen LogP contribution in [0.25, 0.3) is 0 Å². The molecule has 100 valence electrons. The lowest BCUT2D eigenvalue weighted by Gasteiger charge is -2.38. The molecule has 1 atom stereocenters. The lowest BCUT2D eigenvalue weighted by Crippen LogP contribution is -2.39. The second-order valence-corrected chi connectivity index (χ2v) is 5.54. The van der Waals surface area contributed by atoms with E-state index in [0.29, 0.717) is 0 Å². The maximum absolute atomic E-state index is 5.91. The van der Waals surface area contributed by atoms with Gasteiger partial charge in [0, 0.05) is 5.41 Å². The summed E-state index contributed by atoms with van der Waals surface area (Å²) in [7, 11) is 0.765. The summed E-state index contributed by atoms with van der Waals surface area (Å²) in [5.74, 6) is 0. The Morgan fingerprint density at radius 3 is 1.68 bits per heavy atom. The minimum absolute atomic E-state index is 0.0843. The average Bonchev–Trinajstić information content (AvgIpc) is 2.50. The highest BCUT2D eigenvalue weighted by molar-refractivity contribution is 5.98. The molecule has 0 N–H and O–H groups in total. The number of benzene rings is 2. The Morgan fingerprint density at radius 1 is 0.947 bits per heavy atom. The Hall–Kier alpha value is -1.38. The van der Waals surface area contributed by atoms with Crippen molar-refractivity contribution >= 4 is 10.5 Å². The van der Waals surface area contributed by atoms with E-state index in [0.717, 1.165) is 16.9 Å². The van der Waals surface area contributed by atoms with Crippen molar-refractivity contribution < 1.29 is 4.43 Å². The topological polar surface area (TPSA) is 9.23 Å². The van der Waals surface area contributed by atoms with Crippen molar-refractivity contribution in [2.24, 2.45) is 0 Å². The van der Waals surface area contributed by atoms with Crippen LogP contribution in [0.1, 0.15) is 31.4 Å². The molecule has 0 fully saturated rings. The third-order valence-corrected chi connectivity index (χ3v) is 4.62. The zero-order chi connectivity index (χ0) is 13.7. The van der Waals surface area contributed by atoms with Gasteiger partial charge in [0.2, 0.25) is 0 Å². The van der Waals surface area contributed by atoms with Crippen LogP contribution in [-0.4, -0.2) is 16.6 Å². The maximum Gasteiger partial charge on any atom is 0.146 e. The molecule has 0 saturated carbocycles. The minimum atomic E-state index is -0.0843. The fraction of sp³-hybridized carbons (Fsp3) is 0.294. The molecule has 0 heterocycles. The van der Waals surface area contributed by atoms with Crippen LogP contribution in [-0.2, 0) is 9.84 Å². The van der Waals surface area contributed by atoms with Gasteiger partial charge in [-0.2, -0.15) is 0 Å². The van der Waals surface area contributed by atoms with Gasteiger partial charge in [0.1, 0.15) is 10.5 Å². The van der Waals surface area contributed by atoms with E-state index in [1.54, 1.807) is 0 Å². The second kappa shape index (κ2) is 6.18. The molecule has 0 amide bonds. The van der Waals surface area contributed by atoms with E-state index in [4.69, 9.17) is 4.43 Å². The summed E-state index contributed by atoms with van der Waals surface area (Å²) in [4.78, 5) is 0. The van der Waals surface area contributed by atoms with Crippen molar-refractivity contribution in [1.29, 1.82) is 0 Å². The summed E-state index contributed by atoms with van der Waals surface area (Å²) in [6, 6.07) is 21.4. The molecule has 1 nitrogen and oxygen atoms in total. The van der Waals surface area contributed by atoms with Crippen molar-refractivity contribution in [1.82, 2.24) is 0 Å². The van der Waals surface area contributed by atoms with E-state index < -0.39 is 0 Å². The highest BCUT2D eigenvalue weighted by atomic mass is 28.2. The van der Waals surface area contributed by atoms with Gasteiger partial charge >= 0.3 is 0 Å². The smallest absolute Gasteiger partial charge is 0.146 e. The van der Waals surface area contributed by atoms with E-state index in [1.165, 1.54) is 11.1 Å². The molecule has 2 aromatic carbocycles. The van der Waals surface area contributed by atoms with Gasteiger partial charge in [-0.15, -0.1) is 0 Å². The van der Waals surface area contributed by atoms with Gasteiger partial charge in [-0.05, 0) is 24.5 Å². The molecule has 0 saturated heterocycles. The molecule has 0 aromatic heterocycles. The molecule has 2 aromatic rings. The van der Waals surface area contributed by atoms with Gasteiger partial charge < -0.3 is 4.43 Å². The van der Waals surface area contributed by atoms with Crippen LogP contribution in [0.5, 0.6) is 0 Å². The van der Waals surface area contributed by atoms with Gasteiger partial charge in [0.05, 0.1) is 6.10 Å². The summed E-state index contributed by atoms with van der Waals surface area (Å²) in [5, 5.41) is 0. The minimum Gasteiger partial charge on any atom is -0.424 e. The van der Waals surface area contributed by atoms with Crippen LogP contribution in [0, 0.1) is 0 Å². The first-order chi connectivity index (χ1) is 9.23. The van der Waals surface area contributed by atoms with Gasteiger partial charge in [-0.3, -0.25) is 0 Å². The zero-order valence-electron chi connectivity index (χ0n) is 12.0. The van der Waals surface area contributed by atoms with E-state index in [2.05, 4.69) is 74.5 Å². The first kappa shape index (κ1) is 14.0. The number of rotatable bonds is 5. The fourth-order valence-electron chi connectivity index (χ4n) is 2.92. The van der Waals surface area contributed by atoms with Crippen LogP contribution >= 0.6 is 0 Å². The van der Waals surface area contributed by atoms with Gasteiger partial charge in [0.15, 0.2) is 0 Å². The molecule has 1 unspecified atom stereocenters. The van der Waals surface area contributed by atoms with Crippen LogP contribution in [0.4, 0.5) is 0 Å². The Labute approximate surface area is 119 Å². The van der Waals surface area contributed by atoms with Crippen molar-refractivity contribution in [2.75, 3.05) is 0 Å². The molecule has 0 aliphatic rings. The van der Waals surface area contributed by atoms with Crippen molar-refractivity contribution in [3.05, 3.63) is 71.8 Å². The first-order valence-corrected chi connectivity index (χ1v) is 7.69. The third-order valence-electron chi connectivity index (χ3n) is 4.05. The molecule has 0 bridgehead atoms. The zero-order valence-corrected chi connectivity index (χ0v) is 14.0. The van der Waals surface area contributed by atoms with E-state index in [-0.39, 0.29) is 11.5 Å². The highest BCUT2D eigenvalue weighted by Crippen LogP contribution is 2.37. The molecular formula is C17H22OSi. The molecular weight excluding hydrogens is 248 g/mol. The Bertz CT molecular complexity index is 452.